The molecule has 0 atom stereocenters. The molecule has 0 fully saturated rings. The first kappa shape index (κ1) is 9.68. The van der Waals surface area contributed by atoms with E-state index in [0.717, 1.165) is 0 Å². The lowest BCUT2D eigenvalue weighted by atomic mass is 10.2. The van der Waals surface area contributed by atoms with E-state index in [9.17, 15) is 4.79 Å². The van der Waals surface area contributed by atoms with Gasteiger partial charge in [0.1, 0.15) is 0 Å². The Bertz CT molecular complexity index is 564. The molecule has 0 unspecified atom stereocenters. The molecule has 1 heterocycles. The van der Waals surface area contributed by atoms with Crippen LogP contribution in [0.4, 0.5) is 0 Å². The summed E-state index contributed by atoms with van der Waals surface area (Å²) in [7, 11) is 0. The van der Waals surface area contributed by atoms with E-state index in [1.54, 1.807) is 19.1 Å². The minimum absolute atomic E-state index is 0.325. The minimum atomic E-state index is -0.398. The molecule has 1 aromatic carbocycles. The van der Waals surface area contributed by atoms with Crippen LogP contribution in [0, 0.1) is 6.92 Å². The largest absolute Gasteiger partial charge is 0.408 e. The molecule has 0 aliphatic heterocycles. The molecular formula is C9H5BrClNO2. The van der Waals surface area contributed by atoms with E-state index < -0.39 is 5.63 Å². The fourth-order valence-corrected chi connectivity index (χ4v) is 1.77. The second kappa shape index (κ2) is 3.37. The lowest BCUT2D eigenvalue weighted by molar-refractivity contribution is 0.467. The Balaban J connectivity index is 3.03. The quantitative estimate of drug-likeness (QED) is 0.742. The Labute approximate surface area is 92.8 Å². The number of nitrogens with zero attached hydrogens (tertiary/aromatic N) is 1. The maximum absolute atomic E-state index is 11.4. The molecular weight excluding hydrogens is 269 g/mol. The molecule has 0 N–H and O–H groups in total. The Morgan fingerprint density at radius 3 is 2.93 bits per heavy atom. The Morgan fingerprint density at radius 1 is 1.50 bits per heavy atom. The lowest BCUT2D eigenvalue weighted by Crippen LogP contribution is -2.03. The van der Waals surface area contributed by atoms with Crippen molar-refractivity contribution in [2.75, 3.05) is 0 Å². The molecule has 0 aliphatic rings. The molecule has 3 nitrogen and oxygen atoms in total. The third-order valence-electron chi connectivity index (χ3n) is 1.80. The van der Waals surface area contributed by atoms with Crippen LogP contribution in [0.2, 0.25) is 5.02 Å². The number of aryl methyl sites for hydroxylation is 1. The number of hydrogen-bond acceptors (Lipinski definition) is 3. The van der Waals surface area contributed by atoms with Crippen LogP contribution in [0.15, 0.2) is 25.8 Å². The van der Waals surface area contributed by atoms with Crippen molar-refractivity contribution in [2.24, 2.45) is 0 Å². The zero-order valence-corrected chi connectivity index (χ0v) is 9.52. The van der Waals surface area contributed by atoms with Crippen LogP contribution in [-0.2, 0) is 0 Å². The summed E-state index contributed by atoms with van der Waals surface area (Å²) < 4.78 is 5.47. The lowest BCUT2D eigenvalue weighted by Gasteiger charge is -2.00. The van der Waals surface area contributed by atoms with Crippen LogP contribution in [0.1, 0.15) is 5.89 Å². The third-order valence-corrected chi connectivity index (χ3v) is 3.14. The summed E-state index contributed by atoms with van der Waals surface area (Å²) in [6.45, 7) is 1.62. The summed E-state index contributed by atoms with van der Waals surface area (Å²) in [4.78, 5) is 15.5. The van der Waals surface area contributed by atoms with Crippen LogP contribution in [0.3, 0.4) is 0 Å². The van der Waals surface area contributed by atoms with Gasteiger partial charge >= 0.3 is 5.63 Å². The molecule has 0 bridgehead atoms. The normalized spacial score (nSPS) is 10.8. The predicted molar refractivity (Wildman–Crippen MR) is 57.7 cm³/mol. The summed E-state index contributed by atoms with van der Waals surface area (Å²) in [5.41, 5.74) is 0.135. The Morgan fingerprint density at radius 2 is 2.21 bits per heavy atom. The fraction of sp³-hybridized carbons (Fsp3) is 0.111. The molecule has 0 saturated heterocycles. The van der Waals surface area contributed by atoms with Gasteiger partial charge < -0.3 is 4.42 Å². The minimum Gasteiger partial charge on any atom is -0.408 e. The fourth-order valence-electron chi connectivity index (χ4n) is 1.18. The molecule has 2 rings (SSSR count). The zero-order chi connectivity index (χ0) is 10.3. The second-order valence-electron chi connectivity index (χ2n) is 2.78. The van der Waals surface area contributed by atoms with Gasteiger partial charge in [0.05, 0.1) is 20.4 Å². The second-order valence-corrected chi connectivity index (χ2v) is 3.98. The third kappa shape index (κ3) is 1.44. The average Bonchev–Trinajstić information content (AvgIpc) is 2.12. The van der Waals surface area contributed by atoms with Crippen LogP contribution in [0.25, 0.3) is 10.9 Å². The van der Waals surface area contributed by atoms with Crippen molar-refractivity contribution in [3.63, 3.8) is 0 Å². The molecule has 14 heavy (non-hydrogen) atoms. The van der Waals surface area contributed by atoms with Crippen LogP contribution < -0.4 is 5.63 Å². The topological polar surface area (TPSA) is 43.1 Å². The molecule has 0 spiro atoms. The van der Waals surface area contributed by atoms with Gasteiger partial charge in [-0.05, 0) is 28.1 Å². The highest BCUT2D eigenvalue weighted by molar-refractivity contribution is 9.10. The predicted octanol–water partition coefficient (Wildman–Crippen LogP) is 2.91. The molecule has 0 aliphatic carbocycles. The van der Waals surface area contributed by atoms with Crippen LogP contribution in [-0.4, -0.2) is 4.98 Å². The number of hydrogen-bond donors (Lipinski definition) is 0. The Hall–Kier alpha value is -0.870. The first-order valence-corrected chi connectivity index (χ1v) is 5.02. The van der Waals surface area contributed by atoms with Gasteiger partial charge in [-0.1, -0.05) is 11.6 Å². The summed E-state index contributed by atoms with van der Waals surface area (Å²) in [6.07, 6.45) is 0. The molecule has 72 valence electrons. The molecule has 2 aromatic rings. The van der Waals surface area contributed by atoms with Gasteiger partial charge in [0.2, 0.25) is 0 Å². The summed E-state index contributed by atoms with van der Waals surface area (Å²) >= 11 is 9.15. The van der Waals surface area contributed by atoms with Crippen molar-refractivity contribution in [3.8, 4) is 0 Å². The van der Waals surface area contributed by atoms with E-state index in [0.29, 0.717) is 26.3 Å². The van der Waals surface area contributed by atoms with Gasteiger partial charge in [-0.2, -0.15) is 0 Å². The van der Waals surface area contributed by atoms with Crippen molar-refractivity contribution in [1.82, 2.24) is 4.98 Å². The molecule has 5 heteroatoms. The number of halogens is 2. The SMILES string of the molecule is Cc1nc2c(Br)c(Cl)ccc2c(=O)o1. The molecule has 0 radical (unpaired) electrons. The maximum Gasteiger partial charge on any atom is 0.346 e. The van der Waals surface area contributed by atoms with Crippen molar-refractivity contribution >= 4 is 38.4 Å². The Kier molecular flexibility index (Phi) is 2.33. The van der Waals surface area contributed by atoms with Gasteiger partial charge in [-0.3, -0.25) is 0 Å². The summed E-state index contributed by atoms with van der Waals surface area (Å²) in [5, 5.41) is 0.946. The van der Waals surface area contributed by atoms with E-state index in [2.05, 4.69) is 20.9 Å². The number of benzene rings is 1. The summed E-state index contributed by atoms with van der Waals surface area (Å²) in [6, 6.07) is 3.22. The molecule has 0 amide bonds. The monoisotopic (exact) mass is 273 g/mol. The number of aromatic nitrogens is 1. The van der Waals surface area contributed by atoms with Gasteiger partial charge in [-0.25, -0.2) is 9.78 Å². The van der Waals surface area contributed by atoms with E-state index >= 15 is 0 Å². The van der Waals surface area contributed by atoms with Crippen molar-refractivity contribution in [3.05, 3.63) is 37.9 Å². The first-order valence-electron chi connectivity index (χ1n) is 3.85. The van der Waals surface area contributed by atoms with Crippen molar-refractivity contribution in [1.29, 1.82) is 0 Å². The summed E-state index contributed by atoms with van der Waals surface area (Å²) in [5.74, 6) is 0.325. The van der Waals surface area contributed by atoms with Gasteiger partial charge in [0.15, 0.2) is 5.89 Å². The van der Waals surface area contributed by atoms with Gasteiger partial charge in [-0.15, -0.1) is 0 Å². The van der Waals surface area contributed by atoms with Crippen molar-refractivity contribution in [2.45, 2.75) is 6.92 Å². The van der Waals surface area contributed by atoms with E-state index in [-0.39, 0.29) is 0 Å². The maximum atomic E-state index is 11.4. The van der Waals surface area contributed by atoms with Gasteiger partial charge in [0, 0.05) is 6.92 Å². The van der Waals surface area contributed by atoms with E-state index in [1.165, 1.54) is 0 Å². The molecule has 0 saturated carbocycles. The first-order chi connectivity index (χ1) is 6.59. The van der Waals surface area contributed by atoms with Crippen LogP contribution in [0.5, 0.6) is 0 Å². The van der Waals surface area contributed by atoms with Crippen LogP contribution >= 0.6 is 27.5 Å². The average molecular weight is 275 g/mol. The zero-order valence-electron chi connectivity index (χ0n) is 7.17. The van der Waals surface area contributed by atoms with E-state index in [1.807, 2.05) is 0 Å². The highest BCUT2D eigenvalue weighted by Gasteiger charge is 2.09. The van der Waals surface area contributed by atoms with Gasteiger partial charge in [0.25, 0.3) is 0 Å². The number of fused-ring (bicyclic) bond motifs is 1. The highest BCUT2D eigenvalue weighted by Crippen LogP contribution is 2.28. The number of rotatable bonds is 0. The standard InChI is InChI=1S/C9H5BrClNO2/c1-4-12-8-5(9(13)14-4)2-3-6(11)7(8)10/h2-3H,1H3. The van der Waals surface area contributed by atoms with Crippen molar-refractivity contribution < 1.29 is 4.42 Å². The smallest absolute Gasteiger partial charge is 0.346 e. The highest BCUT2D eigenvalue weighted by atomic mass is 79.9. The van der Waals surface area contributed by atoms with E-state index in [4.69, 9.17) is 16.0 Å². The molecule has 1 aromatic heterocycles.